The lowest BCUT2D eigenvalue weighted by atomic mass is 9.88. The zero-order chi connectivity index (χ0) is 45.9. The van der Waals surface area contributed by atoms with E-state index < -0.39 is 0 Å². The SMILES string of the molecule is CC(C)(C)N1CCC(N)CC1.CC1(N)CCN(C(C)(C)C)CC1.CC1CN(C(C)(C)C)CCC1N.C[C@@H]1CN(C(C)(C)C)CC[C@H]1N.C[C@H]1CN(C(C)(C)C)CC[C@@H]1N. The number of hydrogen-bond acceptors (Lipinski definition) is 10. The summed E-state index contributed by atoms with van der Waals surface area (Å²) >= 11 is 0. The lowest BCUT2D eigenvalue weighted by molar-refractivity contribution is 0.0740. The maximum absolute atomic E-state index is 6.06. The molecule has 5 aliphatic rings. The van der Waals surface area contributed by atoms with E-state index in [-0.39, 0.29) is 5.54 Å². The minimum absolute atomic E-state index is 0.0851. The number of piperidine rings is 5. The maximum Gasteiger partial charge on any atom is 0.0150 e. The molecule has 0 bridgehead atoms. The molecule has 5 saturated heterocycles. The second kappa shape index (κ2) is 23.5. The topological polar surface area (TPSA) is 146 Å². The highest BCUT2D eigenvalue weighted by Gasteiger charge is 2.33. The van der Waals surface area contributed by atoms with E-state index in [0.29, 0.717) is 69.6 Å². The Morgan fingerprint density at radius 3 is 0.814 bits per heavy atom. The van der Waals surface area contributed by atoms with Crippen LogP contribution in [-0.4, -0.2) is 147 Å². The fourth-order valence-corrected chi connectivity index (χ4v) is 8.58. The summed E-state index contributed by atoms with van der Waals surface area (Å²) in [5, 5.41) is 0. The first-order chi connectivity index (χ1) is 26.5. The molecule has 5 aliphatic heterocycles. The van der Waals surface area contributed by atoms with Crippen LogP contribution in [0.3, 0.4) is 0 Å². The predicted octanol–water partition coefficient (Wildman–Crippen LogP) is 7.17. The van der Waals surface area contributed by atoms with Crippen molar-refractivity contribution >= 4 is 0 Å². The highest BCUT2D eigenvalue weighted by atomic mass is 15.2. The van der Waals surface area contributed by atoms with E-state index in [0.717, 1.165) is 97.3 Å². The Hall–Kier alpha value is -0.400. The van der Waals surface area contributed by atoms with Crippen LogP contribution in [0.1, 0.15) is 176 Å². The minimum Gasteiger partial charge on any atom is -0.328 e. The molecule has 0 aromatic heterocycles. The van der Waals surface area contributed by atoms with Crippen LogP contribution in [-0.2, 0) is 0 Å². The first-order valence-electron chi connectivity index (χ1n) is 24.1. The fraction of sp³-hybridized carbons (Fsp3) is 1.00. The standard InChI is InChI=1S/4C10H22N2.C9H20N2/c1-9(2,3)12-7-5-10(4,11)6-8-12;3*1-8-7-12(10(2,3)4)6-5-9(8)11;1-9(2,3)11-6-4-8(10)5-7-11/h5-8,11H2,1-4H3;3*8-9H,5-7,11H2,1-4H3;8H,4-7,10H2,1-3H3/t;2*8-,9-;;/m.10../s1. The van der Waals surface area contributed by atoms with Gasteiger partial charge in [-0.15, -0.1) is 0 Å². The highest BCUT2D eigenvalue weighted by Crippen LogP contribution is 2.26. The number of nitrogens with two attached hydrogens (primary N) is 5. The summed E-state index contributed by atoms with van der Waals surface area (Å²) in [6, 6.07) is 1.71. The van der Waals surface area contributed by atoms with E-state index in [4.69, 9.17) is 28.7 Å². The molecule has 0 aromatic rings. The van der Waals surface area contributed by atoms with E-state index in [1.54, 1.807) is 0 Å². The van der Waals surface area contributed by atoms with Crippen molar-refractivity contribution in [3.8, 4) is 0 Å². The van der Waals surface area contributed by atoms with Crippen LogP contribution in [0.2, 0.25) is 0 Å². The molecule has 59 heavy (non-hydrogen) atoms. The number of hydrogen-bond donors (Lipinski definition) is 5. The zero-order valence-corrected chi connectivity index (χ0v) is 43.2. The summed E-state index contributed by atoms with van der Waals surface area (Å²) in [6.07, 6.45) is 8.04. The van der Waals surface area contributed by atoms with Crippen LogP contribution in [0, 0.1) is 17.8 Å². The summed E-state index contributed by atoms with van der Waals surface area (Å²) in [7, 11) is 0. The quantitative estimate of drug-likeness (QED) is 0.170. The molecule has 0 aliphatic carbocycles. The van der Waals surface area contributed by atoms with Crippen molar-refractivity contribution in [3.05, 3.63) is 0 Å². The van der Waals surface area contributed by atoms with Crippen molar-refractivity contribution in [3.63, 3.8) is 0 Å². The van der Waals surface area contributed by atoms with Gasteiger partial charge in [0.25, 0.3) is 0 Å². The molecule has 0 amide bonds. The lowest BCUT2D eigenvalue weighted by Gasteiger charge is -2.43. The van der Waals surface area contributed by atoms with Crippen molar-refractivity contribution < 1.29 is 0 Å². The largest absolute Gasteiger partial charge is 0.328 e. The first kappa shape index (κ1) is 56.6. The number of likely N-dealkylation sites (tertiary alicyclic amines) is 5. The van der Waals surface area contributed by atoms with Crippen LogP contribution >= 0.6 is 0 Å². The van der Waals surface area contributed by atoms with Gasteiger partial charge in [0.15, 0.2) is 0 Å². The average molecular weight is 837 g/mol. The Morgan fingerprint density at radius 2 is 0.593 bits per heavy atom. The first-order valence-corrected chi connectivity index (χ1v) is 24.1. The molecule has 5 rings (SSSR count). The molecule has 0 aromatic carbocycles. The maximum atomic E-state index is 6.06. The normalized spacial score (nSPS) is 30.3. The van der Waals surface area contributed by atoms with Crippen LogP contribution in [0.15, 0.2) is 0 Å². The van der Waals surface area contributed by atoms with Gasteiger partial charge in [0, 0.05) is 123 Å². The summed E-state index contributed by atoms with van der Waals surface area (Å²) < 4.78 is 0. The van der Waals surface area contributed by atoms with Crippen LogP contribution < -0.4 is 28.7 Å². The second-order valence-electron chi connectivity index (χ2n) is 24.9. The second-order valence-corrected chi connectivity index (χ2v) is 24.9. The van der Waals surface area contributed by atoms with Crippen molar-refractivity contribution in [2.75, 3.05) is 65.4 Å². The molecule has 354 valence electrons. The highest BCUT2D eigenvalue weighted by molar-refractivity contribution is 4.91. The Labute approximate surface area is 369 Å². The molecule has 0 spiro atoms. The zero-order valence-electron chi connectivity index (χ0n) is 43.2. The molecule has 10 N–H and O–H groups in total. The van der Waals surface area contributed by atoms with Gasteiger partial charge in [-0.1, -0.05) is 20.8 Å². The molecule has 0 radical (unpaired) electrons. The van der Waals surface area contributed by atoms with Crippen LogP contribution in [0.5, 0.6) is 0 Å². The van der Waals surface area contributed by atoms with Gasteiger partial charge in [-0.25, -0.2) is 0 Å². The van der Waals surface area contributed by atoms with E-state index in [9.17, 15) is 0 Å². The van der Waals surface area contributed by atoms with Gasteiger partial charge >= 0.3 is 0 Å². The van der Waals surface area contributed by atoms with Crippen molar-refractivity contribution in [2.24, 2.45) is 46.4 Å². The smallest absolute Gasteiger partial charge is 0.0150 e. The molecule has 10 heteroatoms. The van der Waals surface area contributed by atoms with Gasteiger partial charge in [0.1, 0.15) is 0 Å². The van der Waals surface area contributed by atoms with Crippen LogP contribution in [0.25, 0.3) is 0 Å². The van der Waals surface area contributed by atoms with Gasteiger partial charge in [0.2, 0.25) is 0 Å². The third-order valence-electron chi connectivity index (χ3n) is 14.1. The van der Waals surface area contributed by atoms with Crippen molar-refractivity contribution in [1.82, 2.24) is 24.5 Å². The van der Waals surface area contributed by atoms with Gasteiger partial charge in [-0.3, -0.25) is 24.5 Å². The molecule has 10 nitrogen and oxygen atoms in total. The van der Waals surface area contributed by atoms with Gasteiger partial charge < -0.3 is 28.7 Å². The average Bonchev–Trinajstić information content (AvgIpc) is 3.07. The molecule has 5 heterocycles. The third-order valence-corrected chi connectivity index (χ3v) is 14.1. The third kappa shape index (κ3) is 21.7. The Morgan fingerprint density at radius 1 is 0.373 bits per heavy atom. The molecule has 6 atom stereocenters. The van der Waals surface area contributed by atoms with E-state index in [1.807, 2.05) is 0 Å². The van der Waals surface area contributed by atoms with Crippen molar-refractivity contribution in [2.45, 2.75) is 234 Å². The predicted molar refractivity (Wildman–Crippen MR) is 261 cm³/mol. The molecule has 0 saturated carbocycles. The van der Waals surface area contributed by atoms with E-state index >= 15 is 0 Å². The molecular weight excluding hydrogens is 729 g/mol. The summed E-state index contributed by atoms with van der Waals surface area (Å²) in [6.45, 7) is 54.6. The minimum atomic E-state index is 0.0851. The van der Waals surface area contributed by atoms with Gasteiger partial charge in [-0.2, -0.15) is 0 Å². The van der Waals surface area contributed by atoms with Gasteiger partial charge in [-0.05, 0) is 173 Å². The Bertz CT molecular complexity index is 1040. The molecular formula is C49H108N10. The number of nitrogens with zero attached hydrogens (tertiary/aromatic N) is 5. The van der Waals surface area contributed by atoms with E-state index in [2.05, 4.69) is 156 Å². The molecule has 5 fully saturated rings. The number of rotatable bonds is 0. The lowest BCUT2D eigenvalue weighted by Crippen LogP contribution is -2.53. The van der Waals surface area contributed by atoms with E-state index in [1.165, 1.54) is 13.1 Å². The summed E-state index contributed by atoms with van der Waals surface area (Å²) in [5.74, 6) is 1.95. The summed E-state index contributed by atoms with van der Waals surface area (Å²) in [4.78, 5) is 12.6. The Kier molecular flexibility index (Phi) is 22.6. The monoisotopic (exact) mass is 837 g/mol. The fourth-order valence-electron chi connectivity index (χ4n) is 8.58. The molecule has 2 unspecified atom stereocenters. The Balaban J connectivity index is 0.000000369. The van der Waals surface area contributed by atoms with Gasteiger partial charge in [0.05, 0.1) is 0 Å². The summed E-state index contributed by atoms with van der Waals surface area (Å²) in [5.41, 5.74) is 31.4. The van der Waals surface area contributed by atoms with Crippen LogP contribution in [0.4, 0.5) is 0 Å². The van der Waals surface area contributed by atoms with Crippen molar-refractivity contribution in [1.29, 1.82) is 0 Å².